The molecule has 1 saturated heterocycles. The topological polar surface area (TPSA) is 78.9 Å². The van der Waals surface area contributed by atoms with Crippen LogP contribution in [0.4, 0.5) is 11.4 Å². The summed E-state index contributed by atoms with van der Waals surface area (Å²) in [5, 5.41) is 12.3. The molecule has 0 aromatic heterocycles. The number of anilines is 2. The molecule has 28 heavy (non-hydrogen) atoms. The van der Waals surface area contributed by atoms with Gasteiger partial charge in [0.05, 0.1) is 18.4 Å². The van der Waals surface area contributed by atoms with Crippen molar-refractivity contribution in [2.24, 2.45) is 0 Å². The summed E-state index contributed by atoms with van der Waals surface area (Å²) in [6, 6.07) is 12.8. The molecule has 0 spiro atoms. The summed E-state index contributed by atoms with van der Waals surface area (Å²) in [6.07, 6.45) is 4.30. The van der Waals surface area contributed by atoms with Crippen molar-refractivity contribution in [1.82, 2.24) is 0 Å². The third-order valence-electron chi connectivity index (χ3n) is 5.03. The maximum absolute atomic E-state index is 12.3. The third-order valence-corrected chi connectivity index (χ3v) is 5.03. The van der Waals surface area contributed by atoms with Gasteiger partial charge in [-0.15, -0.1) is 0 Å². The summed E-state index contributed by atoms with van der Waals surface area (Å²) in [7, 11) is 1.61. The number of piperidine rings is 1. The van der Waals surface area contributed by atoms with Crippen molar-refractivity contribution in [2.45, 2.75) is 32.1 Å². The molecule has 148 valence electrons. The first kappa shape index (κ1) is 19.7. The second-order valence-electron chi connectivity index (χ2n) is 6.98. The first-order valence-corrected chi connectivity index (χ1v) is 9.62. The highest BCUT2D eigenvalue weighted by Crippen LogP contribution is 2.26. The number of hydrogen-bond acceptors (Lipinski definition) is 4. The molecule has 1 amide bonds. The summed E-state index contributed by atoms with van der Waals surface area (Å²) in [5.74, 6) is -0.471. The van der Waals surface area contributed by atoms with Crippen LogP contribution in [0.1, 0.15) is 41.6 Å². The first-order chi connectivity index (χ1) is 13.6. The van der Waals surface area contributed by atoms with Crippen LogP contribution in [0.2, 0.25) is 0 Å². The van der Waals surface area contributed by atoms with Crippen molar-refractivity contribution >= 4 is 23.3 Å². The van der Waals surface area contributed by atoms with Gasteiger partial charge in [0.15, 0.2) is 0 Å². The Bertz CT molecular complexity index is 827. The number of carboxylic acids is 1. The monoisotopic (exact) mass is 382 g/mol. The maximum atomic E-state index is 12.3. The van der Waals surface area contributed by atoms with Crippen LogP contribution in [0.25, 0.3) is 0 Å². The standard InChI is InChI=1S/C22H26N2O4/c1-28-18-9-5-16(6-10-18)7-12-21(25)23-20-11-8-17(15-19(20)22(26)27)24-13-3-2-4-14-24/h5-6,8-11,15H,2-4,7,12-14H2,1H3,(H,23,25)(H,26,27). The lowest BCUT2D eigenvalue weighted by molar-refractivity contribution is -0.116. The van der Waals surface area contributed by atoms with Crippen molar-refractivity contribution in [3.63, 3.8) is 0 Å². The number of aromatic carboxylic acids is 1. The summed E-state index contributed by atoms with van der Waals surface area (Å²) in [4.78, 5) is 26.2. The smallest absolute Gasteiger partial charge is 0.337 e. The average Bonchev–Trinajstić information content (AvgIpc) is 2.73. The van der Waals surface area contributed by atoms with Crippen LogP contribution in [0, 0.1) is 0 Å². The lowest BCUT2D eigenvalue weighted by atomic mass is 10.1. The van der Waals surface area contributed by atoms with Crippen molar-refractivity contribution < 1.29 is 19.4 Å². The van der Waals surface area contributed by atoms with Crippen molar-refractivity contribution in [3.05, 3.63) is 53.6 Å². The molecule has 0 unspecified atom stereocenters. The molecule has 6 heteroatoms. The highest BCUT2D eigenvalue weighted by Gasteiger charge is 2.17. The molecule has 1 aliphatic heterocycles. The Morgan fingerprint density at radius 2 is 1.79 bits per heavy atom. The van der Waals surface area contributed by atoms with Crippen molar-refractivity contribution in [2.75, 3.05) is 30.4 Å². The quantitative estimate of drug-likeness (QED) is 0.758. The highest BCUT2D eigenvalue weighted by atomic mass is 16.5. The molecule has 0 bridgehead atoms. The van der Waals surface area contributed by atoms with Crippen LogP contribution in [0.15, 0.2) is 42.5 Å². The fourth-order valence-corrected chi connectivity index (χ4v) is 3.43. The van der Waals surface area contributed by atoms with Gasteiger partial charge in [0.1, 0.15) is 5.75 Å². The van der Waals surface area contributed by atoms with E-state index in [1.807, 2.05) is 30.3 Å². The van der Waals surface area contributed by atoms with Crippen LogP contribution in [0.5, 0.6) is 5.75 Å². The first-order valence-electron chi connectivity index (χ1n) is 9.62. The fraction of sp³-hybridized carbons (Fsp3) is 0.364. The third kappa shape index (κ3) is 5.03. The Morgan fingerprint density at radius 3 is 2.43 bits per heavy atom. The van der Waals surface area contributed by atoms with Crippen LogP contribution in [0.3, 0.4) is 0 Å². The van der Waals surface area contributed by atoms with Gasteiger partial charge in [0.25, 0.3) is 0 Å². The van der Waals surface area contributed by atoms with Crippen LogP contribution >= 0.6 is 0 Å². The fourth-order valence-electron chi connectivity index (χ4n) is 3.43. The molecule has 1 heterocycles. The van der Waals surface area contributed by atoms with Crippen LogP contribution in [-0.4, -0.2) is 37.2 Å². The number of benzene rings is 2. The normalized spacial score (nSPS) is 13.8. The molecule has 0 aliphatic carbocycles. The van der Waals surface area contributed by atoms with E-state index >= 15 is 0 Å². The number of carbonyl (C=O) groups is 2. The number of amides is 1. The summed E-state index contributed by atoms with van der Waals surface area (Å²) in [6.45, 7) is 1.87. The Morgan fingerprint density at radius 1 is 1.07 bits per heavy atom. The van der Waals surface area contributed by atoms with Gasteiger partial charge in [-0.1, -0.05) is 12.1 Å². The minimum atomic E-state index is -1.04. The van der Waals surface area contributed by atoms with Crippen molar-refractivity contribution in [3.8, 4) is 5.75 Å². The number of carbonyl (C=O) groups excluding carboxylic acids is 1. The van der Waals surface area contributed by atoms with E-state index in [0.717, 1.165) is 42.9 Å². The molecule has 1 aliphatic rings. The number of nitrogens with one attached hydrogen (secondary N) is 1. The molecular weight excluding hydrogens is 356 g/mol. The van der Waals surface area contributed by atoms with Gasteiger partial charge in [-0.05, 0) is 61.6 Å². The zero-order valence-electron chi connectivity index (χ0n) is 16.1. The molecule has 1 fully saturated rings. The average molecular weight is 382 g/mol. The molecule has 0 saturated carbocycles. The van der Waals surface area contributed by atoms with Gasteiger partial charge < -0.3 is 20.1 Å². The lowest BCUT2D eigenvalue weighted by Crippen LogP contribution is -2.29. The zero-order chi connectivity index (χ0) is 19.9. The Labute approximate surface area is 165 Å². The maximum Gasteiger partial charge on any atom is 0.337 e. The molecule has 6 nitrogen and oxygen atoms in total. The van der Waals surface area contributed by atoms with E-state index < -0.39 is 5.97 Å². The zero-order valence-corrected chi connectivity index (χ0v) is 16.1. The van der Waals surface area contributed by atoms with Gasteiger partial charge >= 0.3 is 5.97 Å². The molecule has 3 rings (SSSR count). The SMILES string of the molecule is COc1ccc(CCC(=O)Nc2ccc(N3CCCCC3)cc2C(=O)O)cc1. The predicted octanol–water partition coefficient (Wildman–Crippen LogP) is 3.96. The number of methoxy groups -OCH3 is 1. The predicted molar refractivity (Wildman–Crippen MR) is 109 cm³/mol. The van der Waals surface area contributed by atoms with Gasteiger partial charge in [-0.2, -0.15) is 0 Å². The number of rotatable bonds is 7. The van der Waals surface area contributed by atoms with Crippen molar-refractivity contribution in [1.29, 1.82) is 0 Å². The highest BCUT2D eigenvalue weighted by molar-refractivity contribution is 6.01. The minimum Gasteiger partial charge on any atom is -0.497 e. The number of carboxylic acid groups (broad SMARTS) is 1. The van der Waals surface area contributed by atoms with E-state index in [9.17, 15) is 14.7 Å². The van der Waals surface area contributed by atoms with Crippen LogP contribution < -0.4 is 15.0 Å². The summed E-state index contributed by atoms with van der Waals surface area (Å²) < 4.78 is 5.12. The number of ether oxygens (including phenoxy) is 1. The Hall–Kier alpha value is -3.02. The van der Waals surface area contributed by atoms with Gasteiger partial charge in [0.2, 0.25) is 5.91 Å². The van der Waals surface area contributed by atoms with E-state index in [1.165, 1.54) is 6.42 Å². The molecule has 0 atom stereocenters. The van der Waals surface area contributed by atoms with Crippen LogP contribution in [-0.2, 0) is 11.2 Å². The number of aryl methyl sites for hydroxylation is 1. The summed E-state index contributed by atoms with van der Waals surface area (Å²) in [5.41, 5.74) is 2.39. The second-order valence-corrected chi connectivity index (χ2v) is 6.98. The molecular formula is C22H26N2O4. The molecule has 2 aromatic rings. The molecule has 2 N–H and O–H groups in total. The molecule has 2 aromatic carbocycles. The largest absolute Gasteiger partial charge is 0.497 e. The number of hydrogen-bond donors (Lipinski definition) is 2. The Kier molecular flexibility index (Phi) is 6.53. The van der Waals surface area contributed by atoms with E-state index in [1.54, 1.807) is 19.2 Å². The Balaban J connectivity index is 1.64. The van der Waals surface area contributed by atoms with E-state index in [4.69, 9.17) is 4.74 Å². The van der Waals surface area contributed by atoms with Gasteiger partial charge in [-0.3, -0.25) is 4.79 Å². The van der Waals surface area contributed by atoms with E-state index in [2.05, 4.69) is 10.2 Å². The van der Waals surface area contributed by atoms with E-state index in [0.29, 0.717) is 12.1 Å². The molecule has 0 radical (unpaired) electrons. The van der Waals surface area contributed by atoms with E-state index in [-0.39, 0.29) is 17.9 Å². The lowest BCUT2D eigenvalue weighted by Gasteiger charge is -2.29. The summed E-state index contributed by atoms with van der Waals surface area (Å²) >= 11 is 0. The number of nitrogens with zero attached hydrogens (tertiary/aromatic N) is 1. The minimum absolute atomic E-state index is 0.126. The van der Waals surface area contributed by atoms with Gasteiger partial charge in [0, 0.05) is 25.2 Å². The second kappa shape index (κ2) is 9.26. The van der Waals surface area contributed by atoms with Gasteiger partial charge in [-0.25, -0.2) is 4.79 Å².